The first-order valence-electron chi connectivity index (χ1n) is 10.2. The number of aromatic nitrogens is 3. The minimum atomic E-state index is -0.182. The monoisotopic (exact) mass is 436 g/mol. The molecule has 7 nitrogen and oxygen atoms in total. The van der Waals surface area contributed by atoms with E-state index >= 15 is 0 Å². The van der Waals surface area contributed by atoms with Gasteiger partial charge in [0.25, 0.3) is 0 Å². The number of benzene rings is 2. The van der Waals surface area contributed by atoms with Crippen molar-refractivity contribution in [3.8, 4) is 11.5 Å². The van der Waals surface area contributed by atoms with Crippen molar-refractivity contribution in [1.82, 2.24) is 19.7 Å². The molecule has 1 saturated heterocycles. The Morgan fingerprint density at radius 3 is 2.55 bits per heavy atom. The molecular weight excluding hydrogens is 412 g/mol. The second-order valence-electron chi connectivity index (χ2n) is 7.50. The second-order valence-corrected chi connectivity index (χ2v) is 8.44. The molecule has 0 N–H and O–H groups in total. The Morgan fingerprint density at radius 2 is 1.84 bits per heavy atom. The van der Waals surface area contributed by atoms with E-state index in [0.29, 0.717) is 35.3 Å². The Balaban J connectivity index is 1.33. The van der Waals surface area contributed by atoms with Crippen molar-refractivity contribution < 1.29 is 14.3 Å². The minimum absolute atomic E-state index is 0.0251. The SMILES string of the molecule is Cn1cnnc1SCC(=O)N1CCC[C@H](C(=O)c2ccc(Oc3ccccc3)cc2)C1. The second kappa shape index (κ2) is 9.78. The number of Topliss-reactive ketones (excluding diaryl/α,β-unsaturated/α-hetero) is 1. The molecule has 0 spiro atoms. The molecule has 0 saturated carbocycles. The summed E-state index contributed by atoms with van der Waals surface area (Å²) in [7, 11) is 1.85. The van der Waals surface area contributed by atoms with E-state index in [1.165, 1.54) is 11.8 Å². The van der Waals surface area contributed by atoms with Crippen molar-refractivity contribution in [3.05, 3.63) is 66.5 Å². The molecule has 0 radical (unpaired) electrons. The smallest absolute Gasteiger partial charge is 0.233 e. The largest absolute Gasteiger partial charge is 0.457 e. The molecule has 2 aromatic carbocycles. The Hall–Kier alpha value is -3.13. The number of nitrogens with zero attached hydrogens (tertiary/aromatic N) is 4. The van der Waals surface area contributed by atoms with Crippen LogP contribution in [0.4, 0.5) is 0 Å². The van der Waals surface area contributed by atoms with E-state index in [0.717, 1.165) is 18.6 Å². The molecule has 1 aromatic heterocycles. The fraction of sp³-hybridized carbons (Fsp3) is 0.304. The van der Waals surface area contributed by atoms with Crippen LogP contribution < -0.4 is 4.74 Å². The Morgan fingerprint density at radius 1 is 1.10 bits per heavy atom. The van der Waals surface area contributed by atoms with Crippen LogP contribution in [0.5, 0.6) is 11.5 Å². The van der Waals surface area contributed by atoms with Crippen LogP contribution in [0.15, 0.2) is 66.1 Å². The number of ketones is 1. The molecular formula is C23H24N4O3S. The van der Waals surface area contributed by atoms with Gasteiger partial charge in [-0.1, -0.05) is 30.0 Å². The maximum absolute atomic E-state index is 13.0. The van der Waals surface area contributed by atoms with Gasteiger partial charge in [-0.2, -0.15) is 0 Å². The fourth-order valence-corrected chi connectivity index (χ4v) is 4.38. The number of para-hydroxylation sites is 1. The van der Waals surface area contributed by atoms with Gasteiger partial charge in [0.15, 0.2) is 10.9 Å². The van der Waals surface area contributed by atoms with Crippen molar-refractivity contribution >= 4 is 23.5 Å². The summed E-state index contributed by atoms with van der Waals surface area (Å²) in [5, 5.41) is 8.52. The summed E-state index contributed by atoms with van der Waals surface area (Å²) >= 11 is 1.36. The summed E-state index contributed by atoms with van der Waals surface area (Å²) in [5.74, 6) is 1.64. The number of likely N-dealkylation sites (tertiary alicyclic amines) is 1. The number of carbonyl (C=O) groups excluding carboxylic acids is 2. The molecule has 160 valence electrons. The molecule has 31 heavy (non-hydrogen) atoms. The quantitative estimate of drug-likeness (QED) is 0.414. The van der Waals surface area contributed by atoms with Gasteiger partial charge >= 0.3 is 0 Å². The summed E-state index contributed by atoms with van der Waals surface area (Å²) in [6.07, 6.45) is 3.23. The number of hydrogen-bond donors (Lipinski definition) is 0. The minimum Gasteiger partial charge on any atom is -0.457 e. The van der Waals surface area contributed by atoms with Crippen LogP contribution in [0, 0.1) is 5.92 Å². The van der Waals surface area contributed by atoms with Crippen molar-refractivity contribution in [2.45, 2.75) is 18.0 Å². The van der Waals surface area contributed by atoms with Gasteiger partial charge < -0.3 is 14.2 Å². The Kier molecular flexibility index (Phi) is 6.66. The Labute approximate surface area is 185 Å². The van der Waals surface area contributed by atoms with E-state index in [-0.39, 0.29) is 17.6 Å². The lowest BCUT2D eigenvalue weighted by Crippen LogP contribution is -2.43. The highest BCUT2D eigenvalue weighted by Gasteiger charge is 2.29. The van der Waals surface area contributed by atoms with E-state index in [1.54, 1.807) is 27.9 Å². The molecule has 1 fully saturated rings. The zero-order chi connectivity index (χ0) is 21.6. The number of amides is 1. The zero-order valence-electron chi connectivity index (χ0n) is 17.3. The fourth-order valence-electron chi connectivity index (χ4n) is 3.59. The number of piperidine rings is 1. The van der Waals surface area contributed by atoms with Gasteiger partial charge in [-0.05, 0) is 49.2 Å². The summed E-state index contributed by atoms with van der Waals surface area (Å²) in [5.41, 5.74) is 0.646. The van der Waals surface area contributed by atoms with E-state index in [2.05, 4.69) is 10.2 Å². The van der Waals surface area contributed by atoms with Crippen molar-refractivity contribution in [1.29, 1.82) is 0 Å². The summed E-state index contributed by atoms with van der Waals surface area (Å²) in [6.45, 7) is 1.14. The molecule has 0 bridgehead atoms. The molecule has 8 heteroatoms. The van der Waals surface area contributed by atoms with Gasteiger partial charge in [0.2, 0.25) is 5.91 Å². The molecule has 2 heterocycles. The van der Waals surface area contributed by atoms with Gasteiger partial charge in [0.1, 0.15) is 17.8 Å². The standard InChI is InChI=1S/C23H24N4O3S/c1-26-16-24-25-23(26)31-15-21(28)27-13-5-6-18(14-27)22(29)17-9-11-20(12-10-17)30-19-7-3-2-4-8-19/h2-4,7-12,16,18H,5-6,13-15H2,1H3/t18-/m0/s1. The van der Waals surface area contributed by atoms with E-state index < -0.39 is 0 Å². The maximum atomic E-state index is 13.0. The first-order chi connectivity index (χ1) is 15.1. The van der Waals surface area contributed by atoms with Crippen LogP contribution >= 0.6 is 11.8 Å². The highest BCUT2D eigenvalue weighted by Crippen LogP contribution is 2.25. The third-order valence-electron chi connectivity index (χ3n) is 5.26. The third-order valence-corrected chi connectivity index (χ3v) is 6.28. The first-order valence-corrected chi connectivity index (χ1v) is 11.2. The molecule has 4 rings (SSSR count). The van der Waals surface area contributed by atoms with E-state index in [9.17, 15) is 9.59 Å². The predicted octanol–water partition coefficient (Wildman–Crippen LogP) is 3.82. The first kappa shape index (κ1) is 21.1. The van der Waals surface area contributed by atoms with Gasteiger partial charge in [-0.25, -0.2) is 0 Å². The highest BCUT2D eigenvalue weighted by atomic mass is 32.2. The van der Waals surface area contributed by atoms with Crippen LogP contribution in [0.25, 0.3) is 0 Å². The summed E-state index contributed by atoms with van der Waals surface area (Å²) in [4.78, 5) is 27.5. The molecule has 1 atom stereocenters. The van der Waals surface area contributed by atoms with Crippen molar-refractivity contribution in [2.75, 3.05) is 18.8 Å². The van der Waals surface area contributed by atoms with Crippen LogP contribution in [0.1, 0.15) is 23.2 Å². The van der Waals surface area contributed by atoms with Crippen molar-refractivity contribution in [3.63, 3.8) is 0 Å². The Bertz CT molecular complexity index is 1040. The number of rotatable bonds is 7. The topological polar surface area (TPSA) is 77.3 Å². The van der Waals surface area contributed by atoms with Gasteiger partial charge in [-0.3, -0.25) is 9.59 Å². The van der Waals surface area contributed by atoms with Crippen molar-refractivity contribution in [2.24, 2.45) is 13.0 Å². The summed E-state index contributed by atoms with van der Waals surface area (Å²) < 4.78 is 7.58. The maximum Gasteiger partial charge on any atom is 0.233 e. The summed E-state index contributed by atoms with van der Waals surface area (Å²) in [6, 6.07) is 16.7. The highest BCUT2D eigenvalue weighted by molar-refractivity contribution is 7.99. The number of hydrogen-bond acceptors (Lipinski definition) is 6. The normalized spacial score (nSPS) is 16.2. The predicted molar refractivity (Wildman–Crippen MR) is 118 cm³/mol. The lowest BCUT2D eigenvalue weighted by atomic mass is 9.90. The molecule has 3 aromatic rings. The third kappa shape index (κ3) is 5.32. The van der Waals surface area contributed by atoms with E-state index in [1.807, 2.05) is 49.5 Å². The molecule has 1 aliphatic heterocycles. The molecule has 1 amide bonds. The van der Waals surface area contributed by atoms with Crippen LogP contribution in [0.3, 0.4) is 0 Å². The number of ether oxygens (including phenoxy) is 1. The van der Waals surface area contributed by atoms with Gasteiger partial charge in [0, 0.05) is 31.6 Å². The lowest BCUT2D eigenvalue weighted by molar-refractivity contribution is -0.129. The molecule has 0 aliphatic carbocycles. The average molecular weight is 437 g/mol. The lowest BCUT2D eigenvalue weighted by Gasteiger charge is -2.32. The number of thioether (sulfide) groups is 1. The zero-order valence-corrected chi connectivity index (χ0v) is 18.1. The molecule has 0 unspecified atom stereocenters. The van der Waals surface area contributed by atoms with Gasteiger partial charge in [-0.15, -0.1) is 10.2 Å². The number of aryl methyl sites for hydroxylation is 1. The van der Waals surface area contributed by atoms with Crippen LogP contribution in [-0.2, 0) is 11.8 Å². The van der Waals surface area contributed by atoms with Crippen LogP contribution in [-0.4, -0.2) is 50.2 Å². The van der Waals surface area contributed by atoms with Gasteiger partial charge in [0.05, 0.1) is 5.75 Å². The average Bonchev–Trinajstić information content (AvgIpc) is 3.23. The number of carbonyl (C=O) groups is 2. The van der Waals surface area contributed by atoms with E-state index in [4.69, 9.17) is 4.74 Å². The van der Waals surface area contributed by atoms with Crippen LogP contribution in [0.2, 0.25) is 0 Å². The molecule has 1 aliphatic rings.